The number of nitrogens with two attached hydrogens (primary N) is 1. The SMILES string of the molecule is C.CC(=O)O.CN1N=C(CC(=O)O)C(C)(N(C)O)C1=O.CN1N=C2CC(=O)ON(C)C2(C)C1=O.CN1N=C2CC(=O)ONC2(C)C1=O.COC(=O)CC1=NN(C)C(=O)C1(C)N(C)O.COC(=O)Cc1[nH]n(C)c(=O)c1C.COC(=O)Cc1[nH]n(C)c(=O)c1C=O.COC(=O)Cc1cc(=O)n(C)[nH]1.NOB([CH-]O)OOC=O.O=P(Cl)(Cl)Cl.[2H]CF.[K+].[K+].[Li+].[Na+].[O-][I+3]([O-])([O-])[O-].[OH-].[Zn]. The Hall–Kier alpha value is -4.79. The molecule has 4 unspecified atom stereocenters. The second-order valence-corrected chi connectivity index (χ2v) is 33.1. The minimum absolute atomic E-state index is 0. The molecule has 12 N–H and O–H groups in total. The van der Waals surface area contributed by atoms with Crippen molar-refractivity contribution in [1.29, 1.82) is 0 Å². The molecule has 56 nitrogen and oxygen atoms in total. The molecule has 0 bridgehead atoms. The van der Waals surface area contributed by atoms with Crippen molar-refractivity contribution in [3.63, 3.8) is 0 Å². The summed E-state index contributed by atoms with van der Waals surface area (Å²) >= 11 is 7.91. The van der Waals surface area contributed by atoms with Gasteiger partial charge in [-0.25, -0.2) is 35.5 Å². The number of ether oxygens (including phenoxy) is 4. The maximum atomic E-state index is 11.8. The number of rotatable bonds is 18. The number of hydrogen-bond acceptors (Lipinski definition) is 44. The summed E-state index contributed by atoms with van der Waals surface area (Å²) < 4.78 is 85.0. The normalized spacial score (nSPS) is 17.9. The van der Waals surface area contributed by atoms with Crippen LogP contribution in [0.1, 0.15) is 102 Å². The Morgan fingerprint density at radius 1 is 0.682 bits per heavy atom. The molecular weight excluding hydrogens is 2060 g/mol. The fourth-order valence-corrected chi connectivity index (χ4v) is 9.29. The molecule has 0 saturated carbocycles. The number of aryl methyl sites for hydroxylation is 3. The maximum absolute atomic E-state index is 11.8. The van der Waals surface area contributed by atoms with Gasteiger partial charge in [0.1, 0.15) is 25.7 Å². The number of hydrazone groups is 4. The first-order chi connectivity index (χ1) is 56.4. The van der Waals surface area contributed by atoms with Gasteiger partial charge in [0.2, 0.25) is 0 Å². The molecule has 0 aliphatic carbocycles. The Morgan fingerprint density at radius 2 is 1.05 bits per heavy atom. The van der Waals surface area contributed by atoms with E-state index in [1.807, 2.05) is 0 Å². The maximum Gasteiger partial charge on any atom is 1.00 e. The number of H-pyrrole nitrogens is 3. The number of carboxylic acids is 2. The number of aliphatic hydroxyl groups excluding tert-OH is 1. The van der Waals surface area contributed by atoms with Gasteiger partial charge in [-0.05, 0) is 68.3 Å². The predicted molar refractivity (Wildman–Crippen MR) is 410 cm³/mol. The minimum atomic E-state index is -5.94. The average Bonchev–Trinajstić information content (AvgIpc) is 1.60. The van der Waals surface area contributed by atoms with Crippen LogP contribution in [-0.4, -0.2) is 317 Å². The first kappa shape index (κ1) is 142. The van der Waals surface area contributed by atoms with Gasteiger partial charge in [0.25, 0.3) is 46.3 Å². The molecule has 6 aliphatic rings. The number of aliphatic hydroxyl groups is 1. The number of likely N-dealkylation sites (N-methyl/N-ethyl adjacent to an activating group) is 7. The number of aromatic amines is 3. The molecular formula is C61H97BCl3FIK2LiN19NaO37PZn+. The van der Waals surface area contributed by atoms with Crippen LogP contribution in [0.4, 0.5) is 4.39 Å². The molecule has 0 aromatic carbocycles. The van der Waals surface area contributed by atoms with E-state index in [9.17, 15) is 96.1 Å². The molecule has 3 aromatic heterocycles. The van der Waals surface area contributed by atoms with Crippen molar-refractivity contribution in [2.75, 3.05) is 84.9 Å². The average molecular weight is 2160 g/mol. The van der Waals surface area contributed by atoms with E-state index in [1.54, 1.807) is 56.0 Å². The van der Waals surface area contributed by atoms with Gasteiger partial charge in [-0.3, -0.25) is 129 Å². The molecule has 6 aliphatic heterocycles. The van der Waals surface area contributed by atoms with Crippen molar-refractivity contribution in [2.45, 2.75) is 116 Å². The van der Waals surface area contributed by atoms with Crippen molar-refractivity contribution in [2.24, 2.45) is 47.4 Å². The quantitative estimate of drug-likeness (QED) is 0.00651. The van der Waals surface area contributed by atoms with Gasteiger partial charge in [0.15, 0.2) is 28.4 Å². The minimum Gasteiger partial charge on any atom is -0.870 e. The largest absolute Gasteiger partial charge is 1.00 e. The van der Waals surface area contributed by atoms with Crippen molar-refractivity contribution in [3.8, 4) is 0 Å². The van der Waals surface area contributed by atoms with E-state index in [0.29, 0.717) is 46.2 Å². The third-order valence-corrected chi connectivity index (χ3v) is 15.9. The monoisotopic (exact) mass is 2150 g/mol. The number of hydroxylamine groups is 7. The van der Waals surface area contributed by atoms with Gasteiger partial charge < -0.3 is 69.5 Å². The number of amides is 4. The summed E-state index contributed by atoms with van der Waals surface area (Å²) in [5.41, 5.74) is 0.565. The number of methoxy groups -OCH3 is 4. The first-order valence-corrected chi connectivity index (χ1v) is 40.7. The Kier molecular flexibility index (Phi) is 75.1. The Labute approximate surface area is 888 Å². The Balaban J connectivity index is -0.000000153. The zero-order valence-electron chi connectivity index (χ0n) is 74.8. The van der Waals surface area contributed by atoms with Crippen LogP contribution in [0.15, 0.2) is 40.9 Å². The van der Waals surface area contributed by atoms with Crippen molar-refractivity contribution in [1.82, 2.24) is 70.0 Å². The molecule has 2 fully saturated rings. The number of nitrogens with zero attached hydrogens (tertiary/aromatic N) is 14. The topological polar surface area (TPSA) is 786 Å². The molecule has 4 amide bonds. The zero-order valence-corrected chi connectivity index (χ0v) is 90.3. The van der Waals surface area contributed by atoms with E-state index in [0.717, 1.165) is 26.7 Å². The molecule has 2 saturated heterocycles. The molecule has 0 radical (unpaired) electrons. The predicted octanol–water partition coefficient (Wildman–Crippen LogP) is -21.6. The Bertz CT molecular complexity index is 4580. The zero-order chi connectivity index (χ0) is 96.7. The van der Waals surface area contributed by atoms with Crippen LogP contribution in [0.3, 0.4) is 0 Å². The summed E-state index contributed by atoms with van der Waals surface area (Å²) in [4.78, 5) is 202. The van der Waals surface area contributed by atoms with Crippen LogP contribution < -0.4 is 213 Å². The number of halogens is 5. The molecule has 3 aromatic rings. The molecule has 706 valence electrons. The third-order valence-electron chi connectivity index (χ3n) is 15.9. The second kappa shape index (κ2) is 68.2. The van der Waals surface area contributed by atoms with Gasteiger partial charge in [-0.15, -0.1) is 10.5 Å². The van der Waals surface area contributed by atoms with Crippen molar-refractivity contribution in [3.05, 3.63) is 71.8 Å². The van der Waals surface area contributed by atoms with Gasteiger partial charge in [-0.2, -0.15) is 37.0 Å². The number of aromatic nitrogens is 6. The molecule has 4 atom stereocenters. The van der Waals surface area contributed by atoms with Crippen LogP contribution in [0.2, 0.25) is 0 Å². The van der Waals surface area contributed by atoms with Gasteiger partial charge in [0, 0.05) is 114 Å². The van der Waals surface area contributed by atoms with Crippen LogP contribution in [-0.2, 0) is 170 Å². The molecule has 68 heteroatoms. The first-order valence-electron chi connectivity index (χ1n) is 33.5. The van der Waals surface area contributed by atoms with Gasteiger partial charge >= 0.3 is 212 Å². The summed E-state index contributed by atoms with van der Waals surface area (Å²) in [5, 5.41) is 70.9. The van der Waals surface area contributed by atoms with Crippen LogP contribution in [0.25, 0.3) is 0 Å². The smallest absolute Gasteiger partial charge is 0.870 e. The van der Waals surface area contributed by atoms with Crippen LogP contribution in [0, 0.1) is 13.4 Å². The summed E-state index contributed by atoms with van der Waals surface area (Å²) in [6, 6.07) is 1.37. The number of aliphatic carboxylic acids is 2. The number of hydrogen-bond donors (Lipinski definition) is 10. The summed E-state index contributed by atoms with van der Waals surface area (Å²) in [6.07, 6.45) is 0.171. The third kappa shape index (κ3) is 48.5. The standard InChI is InChI=1S/C9H15N3O4.C8H13N3O4.C8H11N3O3.C8H10N2O4.C8H12N2O3.C7H9N3O3.C7H10N2O3.C2H5BNO5.C2H4O2.CH3F.CH4.Cl3OP.IO4.2K.Li.Na.H2O.Zn/c1-9(12(3)15)6(5-7(13)16-4)10-11(2)8(9)14;1-8(11(3)15)5(4-6(12)13)9-10(2)7(8)14;1-8-5(9-10(2)7(8)13)4-6(12)14-11(8)3;1-10-8(13)5(4-11)6(9-10)3-7(12)14-2;1-5-6(4-7(11)13-3)9-10(2)8(5)12;1-7-4(3-5(11)13-9-7)8-10(2)6(7)12;1-9-6(10)3-5(8-9)4-7(11)12-2;4-8-3(1-5)9-7-2-6;1-2(3)4;1-2;;1-5(2,3)4;2-1(3,4)5;;;;;;/h15H,5H2,1-4H3;15H,4H2,1-3H3,(H,12,13);4H2,1-3H3;4,9H,3H2,1-2H3;9H,4H2,1-3H3;9H,3H2,1-2H3;3,8H,4H2,1-2H3;1-2,5H,4H2;1H3,(H,3,4);1H3;1H4;;;;;;;1H2;/q;;;;;;;-1;;;;;-1;4*+1;;/p-1/i;;;;;;;;;1D;;;;;;;;;. The van der Waals surface area contributed by atoms with E-state index in [4.69, 9.17) is 40.1 Å². The van der Waals surface area contributed by atoms with Crippen molar-refractivity contribution < 1.29 is 356 Å². The summed E-state index contributed by atoms with van der Waals surface area (Å²) in [5.74, 6) is -1.18. The fourth-order valence-electron chi connectivity index (χ4n) is 9.29. The van der Waals surface area contributed by atoms with Gasteiger partial charge in [0.05, 0.1) is 116 Å². The number of aldehydes is 1. The Morgan fingerprint density at radius 3 is 1.40 bits per heavy atom. The number of nitrogens with one attached hydrogen (secondary N) is 4. The summed E-state index contributed by atoms with van der Waals surface area (Å²) in [7, 11) is 17.7. The summed E-state index contributed by atoms with van der Waals surface area (Å²) in [6.45, 7) is 9.53. The van der Waals surface area contributed by atoms with E-state index in [1.165, 1.54) is 108 Å². The van der Waals surface area contributed by atoms with Crippen molar-refractivity contribution >= 4 is 153 Å². The molecule has 0 spiro atoms. The number of carboxylic acid groups (broad SMARTS) is 2. The number of alkyl halides is 1. The number of carbonyl (C=O) groups excluding carboxylic acids is 12. The number of fused-ring (bicyclic) bond motifs is 2. The van der Waals surface area contributed by atoms with Crippen LogP contribution >= 0.6 is 38.9 Å². The van der Waals surface area contributed by atoms with E-state index >= 15 is 0 Å². The van der Waals surface area contributed by atoms with E-state index in [-0.39, 0.29) is 299 Å². The van der Waals surface area contributed by atoms with E-state index < -0.39 is 109 Å². The van der Waals surface area contributed by atoms with Gasteiger partial charge in [-0.1, -0.05) is 7.43 Å². The van der Waals surface area contributed by atoms with E-state index in [2.05, 4.69) is 119 Å². The molecule has 9 rings (SSSR count). The molecule has 9 heterocycles. The second-order valence-electron chi connectivity index (χ2n) is 24.3. The van der Waals surface area contributed by atoms with Crippen LogP contribution in [0.5, 0.6) is 0 Å². The molecule has 129 heavy (non-hydrogen) atoms. The number of esters is 4. The number of carbonyl (C=O) groups is 14. The fraction of sp³-hybridized carbons (Fsp3) is 0.541.